The first-order valence-corrected chi connectivity index (χ1v) is 16.7. The number of unbranched alkanes of at least 4 members (excludes halogenated alkanes) is 1. The first-order chi connectivity index (χ1) is 14.9. The van der Waals surface area contributed by atoms with Crippen LogP contribution in [0.15, 0.2) is 0 Å². The maximum atomic E-state index is 12.6. The molecule has 2 fully saturated rings. The first kappa shape index (κ1) is 26.5. The van der Waals surface area contributed by atoms with E-state index in [4.69, 9.17) is 17.7 Å². The molecule has 31 heavy (non-hydrogen) atoms. The number of hydrogen-bond acceptors (Lipinski definition) is 6. The Labute approximate surface area is 190 Å². The van der Waals surface area contributed by atoms with Gasteiger partial charge in [-0.15, -0.1) is 0 Å². The molecular formula is C21H42N2O6Si2. The van der Waals surface area contributed by atoms with E-state index in [2.05, 4.69) is 27.3 Å². The zero-order valence-corrected chi connectivity index (χ0v) is 22.0. The lowest BCUT2D eigenvalue weighted by Gasteiger charge is -2.34. The van der Waals surface area contributed by atoms with E-state index < -0.39 is 17.1 Å². The molecular weight excluding hydrogens is 432 g/mol. The molecule has 8 nitrogen and oxygen atoms in total. The molecule has 0 aromatic carbocycles. The molecule has 0 N–H and O–H groups in total. The minimum Gasteiger partial charge on any atom is -0.392 e. The third-order valence-corrected chi connectivity index (χ3v) is 13.0. The highest BCUT2D eigenvalue weighted by Gasteiger charge is 2.35. The summed E-state index contributed by atoms with van der Waals surface area (Å²) >= 11 is 0. The zero-order chi connectivity index (χ0) is 22.7. The van der Waals surface area contributed by atoms with E-state index >= 15 is 0 Å². The van der Waals surface area contributed by atoms with Crippen LogP contribution in [0.1, 0.15) is 46.5 Å². The van der Waals surface area contributed by atoms with Crippen molar-refractivity contribution < 1.29 is 27.3 Å². The molecule has 0 saturated carbocycles. The lowest BCUT2D eigenvalue weighted by Crippen LogP contribution is -2.48. The van der Waals surface area contributed by atoms with Crippen molar-refractivity contribution in [3.05, 3.63) is 0 Å². The van der Waals surface area contributed by atoms with Gasteiger partial charge in [0, 0.05) is 39.0 Å². The molecule has 0 aromatic heterocycles. The Morgan fingerprint density at radius 2 is 1.06 bits per heavy atom. The van der Waals surface area contributed by atoms with Crippen LogP contribution in [0.5, 0.6) is 0 Å². The van der Waals surface area contributed by atoms with Crippen LogP contribution in [-0.4, -0.2) is 91.3 Å². The van der Waals surface area contributed by atoms with E-state index in [1.54, 1.807) is 0 Å². The third-order valence-electron chi connectivity index (χ3n) is 6.45. The monoisotopic (exact) mass is 474 g/mol. The summed E-state index contributed by atoms with van der Waals surface area (Å²) in [6.07, 6.45) is 2.35. The summed E-state index contributed by atoms with van der Waals surface area (Å²) in [5.74, 6) is 0.244. The average molecular weight is 475 g/mol. The molecule has 10 heteroatoms. The van der Waals surface area contributed by atoms with Crippen LogP contribution >= 0.6 is 0 Å². The fraction of sp³-hybridized carbons (Fsp3) is 0.905. The lowest BCUT2D eigenvalue weighted by molar-refractivity contribution is -0.134. The highest BCUT2D eigenvalue weighted by atomic mass is 28.4. The molecule has 2 rings (SSSR count). The van der Waals surface area contributed by atoms with Gasteiger partial charge in [-0.25, -0.2) is 0 Å². The molecule has 0 atom stereocenters. The van der Waals surface area contributed by atoms with E-state index in [0.29, 0.717) is 78.3 Å². The maximum absolute atomic E-state index is 12.6. The van der Waals surface area contributed by atoms with Crippen LogP contribution in [0.25, 0.3) is 0 Å². The molecule has 0 radical (unpaired) electrons. The van der Waals surface area contributed by atoms with E-state index in [0.717, 1.165) is 18.1 Å². The normalized spacial score (nSPS) is 22.2. The Morgan fingerprint density at radius 3 is 1.42 bits per heavy atom. The fourth-order valence-electron chi connectivity index (χ4n) is 3.96. The van der Waals surface area contributed by atoms with Crippen molar-refractivity contribution in [2.45, 2.75) is 71.1 Å². The van der Waals surface area contributed by atoms with Crippen LogP contribution in [0, 0.1) is 0 Å². The van der Waals surface area contributed by atoms with Gasteiger partial charge in [-0.1, -0.05) is 20.8 Å². The second-order valence-corrected chi connectivity index (χ2v) is 15.8. The van der Waals surface area contributed by atoms with Crippen molar-refractivity contribution in [2.24, 2.45) is 0 Å². The molecule has 0 aromatic rings. The summed E-state index contributed by atoms with van der Waals surface area (Å²) in [6, 6.07) is 2.81. The Bertz CT molecular complexity index is 554. The minimum atomic E-state index is -2.05. The second-order valence-electron chi connectivity index (χ2n) is 8.47. The third kappa shape index (κ3) is 8.25. The van der Waals surface area contributed by atoms with Crippen LogP contribution < -0.4 is 0 Å². The smallest absolute Gasteiger partial charge is 0.337 e. The van der Waals surface area contributed by atoms with Crippen LogP contribution in [-0.2, 0) is 27.3 Å². The number of rotatable bonds is 8. The molecule has 2 heterocycles. The number of amides is 2. The predicted molar refractivity (Wildman–Crippen MR) is 124 cm³/mol. The molecule has 2 amide bonds. The Balaban J connectivity index is 1.65. The van der Waals surface area contributed by atoms with Crippen LogP contribution in [0.3, 0.4) is 0 Å². The van der Waals surface area contributed by atoms with Gasteiger partial charge in [0.1, 0.15) is 0 Å². The number of carbonyl (C=O) groups is 2. The molecule has 2 saturated heterocycles. The Kier molecular flexibility index (Phi) is 11.1. The van der Waals surface area contributed by atoms with Gasteiger partial charge in [0.15, 0.2) is 0 Å². The minimum absolute atomic E-state index is 0.120. The standard InChI is InChI=1S/C21H42N2O6Si2/c1-5-30(4)26-16-12-22(13-17-27-30)20(24)10-8-9-11-21(25)23-14-18-28-31(6-2,7-3)29-19-15-23/h5-19H2,1-4H3. The topological polar surface area (TPSA) is 77.5 Å². The lowest BCUT2D eigenvalue weighted by atomic mass is 10.1. The van der Waals surface area contributed by atoms with Crippen molar-refractivity contribution in [3.8, 4) is 0 Å². The molecule has 0 spiro atoms. The zero-order valence-electron chi connectivity index (χ0n) is 20.0. The van der Waals surface area contributed by atoms with Crippen LogP contribution in [0.2, 0.25) is 24.7 Å². The van der Waals surface area contributed by atoms with Crippen molar-refractivity contribution in [2.75, 3.05) is 52.6 Å². The van der Waals surface area contributed by atoms with Gasteiger partial charge >= 0.3 is 17.1 Å². The van der Waals surface area contributed by atoms with Crippen LogP contribution in [0.4, 0.5) is 0 Å². The SMILES string of the molecule is CC[Si]1(C)OCCN(C(=O)CCCCC(=O)N2CCO[Si](CC)(CC)OCC2)CCO1. The van der Waals surface area contributed by atoms with Gasteiger partial charge in [-0.2, -0.15) is 0 Å². The predicted octanol–water partition coefficient (Wildman–Crippen LogP) is 2.87. The Morgan fingerprint density at radius 1 is 0.677 bits per heavy atom. The summed E-state index contributed by atoms with van der Waals surface area (Å²) in [7, 11) is -4.08. The molecule has 0 aliphatic carbocycles. The average Bonchev–Trinajstić information content (AvgIpc) is 2.74. The van der Waals surface area contributed by atoms with E-state index in [1.165, 1.54) is 0 Å². The summed E-state index contributed by atoms with van der Waals surface area (Å²) in [4.78, 5) is 28.8. The molecule has 0 bridgehead atoms. The summed E-state index contributed by atoms with van der Waals surface area (Å²) in [5.41, 5.74) is 0. The number of nitrogens with zero attached hydrogens (tertiary/aromatic N) is 2. The molecule has 2 aliphatic rings. The van der Waals surface area contributed by atoms with E-state index in [9.17, 15) is 9.59 Å². The highest BCUT2D eigenvalue weighted by Crippen LogP contribution is 2.20. The largest absolute Gasteiger partial charge is 0.392 e. The van der Waals surface area contributed by atoms with Gasteiger partial charge in [0.05, 0.1) is 26.4 Å². The summed E-state index contributed by atoms with van der Waals surface area (Å²) < 4.78 is 24.0. The fourth-order valence-corrected chi connectivity index (χ4v) is 7.83. The number of carbonyl (C=O) groups excluding carboxylic acids is 2. The quantitative estimate of drug-likeness (QED) is 0.398. The van der Waals surface area contributed by atoms with Crippen molar-refractivity contribution in [1.29, 1.82) is 0 Å². The first-order valence-electron chi connectivity index (χ1n) is 12.0. The summed E-state index contributed by atoms with van der Waals surface area (Å²) in [6.45, 7) is 13.1. The summed E-state index contributed by atoms with van der Waals surface area (Å²) in [5, 5.41) is 0. The van der Waals surface area contributed by atoms with Gasteiger partial charge < -0.3 is 27.5 Å². The van der Waals surface area contributed by atoms with Gasteiger partial charge in [-0.05, 0) is 37.5 Å². The van der Waals surface area contributed by atoms with Gasteiger partial charge in [0.25, 0.3) is 0 Å². The van der Waals surface area contributed by atoms with Crippen molar-refractivity contribution in [1.82, 2.24) is 9.80 Å². The van der Waals surface area contributed by atoms with Gasteiger partial charge in [0.2, 0.25) is 11.8 Å². The molecule has 0 unspecified atom stereocenters. The highest BCUT2D eigenvalue weighted by molar-refractivity contribution is 6.67. The van der Waals surface area contributed by atoms with Gasteiger partial charge in [-0.3, -0.25) is 9.59 Å². The molecule has 2 aliphatic heterocycles. The molecule has 180 valence electrons. The van der Waals surface area contributed by atoms with Crippen molar-refractivity contribution in [3.63, 3.8) is 0 Å². The van der Waals surface area contributed by atoms with E-state index in [-0.39, 0.29) is 11.8 Å². The Hall–Kier alpha value is -0.786. The maximum Gasteiger partial charge on any atom is 0.337 e. The van der Waals surface area contributed by atoms with E-state index in [1.807, 2.05) is 9.80 Å². The number of hydrogen-bond donors (Lipinski definition) is 0. The van der Waals surface area contributed by atoms with Crippen molar-refractivity contribution >= 4 is 28.9 Å². The second kappa shape index (κ2) is 13.0.